The lowest BCUT2D eigenvalue weighted by molar-refractivity contribution is 0.148. The maximum absolute atomic E-state index is 12.1. The Kier molecular flexibility index (Phi) is 8.21. The van der Waals surface area contributed by atoms with Gasteiger partial charge in [-0.15, -0.1) is 0 Å². The molecule has 0 saturated heterocycles. The van der Waals surface area contributed by atoms with Crippen molar-refractivity contribution >= 4 is 7.82 Å². The van der Waals surface area contributed by atoms with E-state index in [-0.39, 0.29) is 19.1 Å². The van der Waals surface area contributed by atoms with Crippen molar-refractivity contribution in [2.24, 2.45) is 0 Å². The van der Waals surface area contributed by atoms with Crippen LogP contribution in [0.5, 0.6) is 0 Å². The molecule has 0 saturated carbocycles. The molecule has 1 unspecified atom stereocenters. The highest BCUT2D eigenvalue weighted by Crippen LogP contribution is 2.43. The second-order valence-corrected chi connectivity index (χ2v) is 8.34. The highest BCUT2D eigenvalue weighted by molar-refractivity contribution is 7.47. The van der Waals surface area contributed by atoms with Crippen LogP contribution in [0.15, 0.2) is 91.0 Å². The van der Waals surface area contributed by atoms with E-state index in [9.17, 15) is 9.46 Å². The smallest absolute Gasteiger partial charge is 0.302 e. The fourth-order valence-electron chi connectivity index (χ4n) is 3.32. The van der Waals surface area contributed by atoms with Gasteiger partial charge in [-0.05, 0) is 36.0 Å². The number of benzene rings is 3. The molecule has 0 aliphatic heterocycles. The minimum Gasteiger partial charge on any atom is -0.302 e. The molecule has 0 heterocycles. The summed E-state index contributed by atoms with van der Waals surface area (Å²) in [6.45, 7) is 0.323. The van der Waals surface area contributed by atoms with Gasteiger partial charge in [0, 0.05) is 5.92 Å². The first kappa shape index (κ1) is 21.5. The summed E-state index contributed by atoms with van der Waals surface area (Å²) in [4.78, 5) is 9.90. The molecular weight excluding hydrogens is 383 g/mol. The van der Waals surface area contributed by atoms with Crippen molar-refractivity contribution in [3.05, 3.63) is 108 Å². The molecule has 3 aromatic rings. The number of hydrogen-bond donors (Lipinski definition) is 1. The van der Waals surface area contributed by atoms with Crippen LogP contribution in [-0.4, -0.2) is 18.1 Å². The first-order chi connectivity index (χ1) is 14.1. The van der Waals surface area contributed by atoms with Gasteiger partial charge in [0.1, 0.15) is 0 Å². The first-order valence-electron chi connectivity index (χ1n) is 9.90. The molecule has 0 bridgehead atoms. The molecule has 0 radical (unpaired) electrons. The van der Waals surface area contributed by atoms with Gasteiger partial charge in [-0.25, -0.2) is 4.57 Å². The molecule has 0 fully saturated rings. The average molecular weight is 410 g/mol. The van der Waals surface area contributed by atoms with E-state index in [1.165, 1.54) is 11.1 Å². The lowest BCUT2D eigenvalue weighted by Gasteiger charge is -2.18. The Morgan fingerprint density at radius 2 is 1.21 bits per heavy atom. The van der Waals surface area contributed by atoms with E-state index >= 15 is 0 Å². The van der Waals surface area contributed by atoms with E-state index < -0.39 is 7.82 Å². The Morgan fingerprint density at radius 1 is 0.724 bits per heavy atom. The molecule has 5 heteroatoms. The van der Waals surface area contributed by atoms with Crippen LogP contribution >= 0.6 is 7.82 Å². The van der Waals surface area contributed by atoms with E-state index in [1.54, 1.807) is 0 Å². The number of phosphoric acid groups is 1. The van der Waals surface area contributed by atoms with Gasteiger partial charge >= 0.3 is 7.82 Å². The zero-order valence-corrected chi connectivity index (χ0v) is 17.3. The Morgan fingerprint density at radius 3 is 1.76 bits per heavy atom. The van der Waals surface area contributed by atoms with Crippen molar-refractivity contribution in [1.82, 2.24) is 0 Å². The van der Waals surface area contributed by atoms with Crippen LogP contribution in [0.25, 0.3) is 0 Å². The minimum absolute atomic E-state index is 0.147. The molecule has 1 atom stereocenters. The summed E-state index contributed by atoms with van der Waals surface area (Å²) in [5, 5.41) is 0. The van der Waals surface area contributed by atoms with Gasteiger partial charge in [-0.3, -0.25) is 9.05 Å². The van der Waals surface area contributed by atoms with Gasteiger partial charge in [-0.2, -0.15) is 0 Å². The highest BCUT2D eigenvalue weighted by atomic mass is 31.2. The Balaban J connectivity index is 1.47. The van der Waals surface area contributed by atoms with Crippen LogP contribution in [0, 0.1) is 0 Å². The molecule has 4 nitrogen and oxygen atoms in total. The highest BCUT2D eigenvalue weighted by Gasteiger charge is 2.21. The Hall–Kier alpha value is -2.23. The lowest BCUT2D eigenvalue weighted by Crippen LogP contribution is -2.05. The van der Waals surface area contributed by atoms with E-state index in [2.05, 4.69) is 24.3 Å². The van der Waals surface area contributed by atoms with E-state index in [0.717, 1.165) is 12.0 Å². The molecule has 1 N–H and O–H groups in total. The maximum Gasteiger partial charge on any atom is 0.472 e. The van der Waals surface area contributed by atoms with Crippen molar-refractivity contribution in [2.75, 3.05) is 13.2 Å². The maximum atomic E-state index is 12.1. The molecule has 0 aliphatic rings. The van der Waals surface area contributed by atoms with Crippen molar-refractivity contribution in [3.63, 3.8) is 0 Å². The van der Waals surface area contributed by atoms with E-state index in [4.69, 9.17) is 9.05 Å². The topological polar surface area (TPSA) is 55.8 Å². The zero-order valence-electron chi connectivity index (χ0n) is 16.4. The molecule has 29 heavy (non-hydrogen) atoms. The van der Waals surface area contributed by atoms with Crippen LogP contribution < -0.4 is 0 Å². The van der Waals surface area contributed by atoms with Gasteiger partial charge in [0.15, 0.2) is 0 Å². The van der Waals surface area contributed by atoms with Crippen LogP contribution in [-0.2, 0) is 20.0 Å². The van der Waals surface area contributed by atoms with Gasteiger partial charge in [0.2, 0.25) is 0 Å². The van der Waals surface area contributed by atoms with Crippen LogP contribution in [0.3, 0.4) is 0 Å². The molecule has 152 valence electrons. The van der Waals surface area contributed by atoms with E-state index in [1.807, 2.05) is 66.7 Å². The second kappa shape index (κ2) is 11.1. The predicted octanol–water partition coefficient (Wildman–Crippen LogP) is 5.98. The molecular formula is C24H27O4P. The van der Waals surface area contributed by atoms with Gasteiger partial charge < -0.3 is 4.89 Å². The van der Waals surface area contributed by atoms with Crippen molar-refractivity contribution in [1.29, 1.82) is 0 Å². The van der Waals surface area contributed by atoms with Crippen LogP contribution in [0.1, 0.15) is 35.4 Å². The molecule has 0 aliphatic carbocycles. The second-order valence-electron chi connectivity index (χ2n) is 6.89. The molecule has 3 rings (SSSR count). The fourth-order valence-corrected chi connectivity index (χ4v) is 4.08. The summed E-state index contributed by atoms with van der Waals surface area (Å²) >= 11 is 0. The van der Waals surface area contributed by atoms with E-state index in [0.29, 0.717) is 12.8 Å². The Bertz CT molecular complexity index is 845. The Labute approximate surface area is 172 Å². The predicted molar refractivity (Wildman–Crippen MR) is 116 cm³/mol. The largest absolute Gasteiger partial charge is 0.472 e. The average Bonchev–Trinajstić information content (AvgIpc) is 2.75. The van der Waals surface area contributed by atoms with Crippen molar-refractivity contribution in [3.8, 4) is 0 Å². The first-order valence-corrected chi connectivity index (χ1v) is 11.4. The third kappa shape index (κ3) is 7.26. The molecule has 0 spiro atoms. The molecule has 3 aromatic carbocycles. The zero-order chi connectivity index (χ0) is 20.4. The monoisotopic (exact) mass is 410 g/mol. The van der Waals surface area contributed by atoms with Gasteiger partial charge in [0.25, 0.3) is 0 Å². The van der Waals surface area contributed by atoms with Gasteiger partial charge in [0.05, 0.1) is 13.2 Å². The number of phosphoric ester groups is 1. The van der Waals surface area contributed by atoms with Crippen molar-refractivity contribution in [2.45, 2.75) is 25.2 Å². The summed E-state index contributed by atoms with van der Waals surface area (Å²) in [5.41, 5.74) is 3.51. The summed E-state index contributed by atoms with van der Waals surface area (Å²) < 4.78 is 22.4. The summed E-state index contributed by atoms with van der Waals surface area (Å²) in [6.07, 6.45) is 2.04. The summed E-state index contributed by atoms with van der Waals surface area (Å²) in [7, 11) is -4.03. The molecule has 0 amide bonds. The summed E-state index contributed by atoms with van der Waals surface area (Å²) in [6, 6.07) is 30.3. The minimum atomic E-state index is -4.03. The van der Waals surface area contributed by atoms with Gasteiger partial charge in [-0.1, -0.05) is 91.0 Å². The SMILES string of the molecule is O=P(O)(OCCCC(c1ccccc1)c1ccccc1)OCCc1ccccc1. The number of hydrogen-bond acceptors (Lipinski definition) is 3. The number of rotatable bonds is 11. The summed E-state index contributed by atoms with van der Waals surface area (Å²) in [5.74, 6) is 0.220. The lowest BCUT2D eigenvalue weighted by atomic mass is 9.88. The quantitative estimate of drug-likeness (QED) is 0.312. The normalized spacial score (nSPS) is 13.3. The standard InChI is InChI=1S/C24H27O4P/c25-29(26,28-20-18-21-11-4-1-5-12-21)27-19-10-17-24(22-13-6-2-7-14-22)23-15-8-3-9-16-23/h1-9,11-16,24H,10,17-20H2,(H,25,26). The fraction of sp³-hybridized carbons (Fsp3) is 0.250. The van der Waals surface area contributed by atoms with Crippen molar-refractivity contribution < 1.29 is 18.5 Å². The van der Waals surface area contributed by atoms with Crippen LogP contribution in [0.4, 0.5) is 0 Å². The third-order valence-corrected chi connectivity index (χ3v) is 5.80. The third-order valence-electron chi connectivity index (χ3n) is 4.78. The van der Waals surface area contributed by atoms with Crippen LogP contribution in [0.2, 0.25) is 0 Å². The molecule has 0 aromatic heterocycles.